The topological polar surface area (TPSA) is 49.4 Å². The Bertz CT molecular complexity index is 357. The minimum Gasteiger partial charge on any atom is -0.340 e. The minimum absolute atomic E-state index is 0.0236. The molecule has 1 saturated heterocycles. The Kier molecular flexibility index (Phi) is 3.39. The summed E-state index contributed by atoms with van der Waals surface area (Å²) >= 11 is 0. The standard InChI is InChI=1S/C14H24N2O2/c1-4-13(3)12(18)16(9-11(17)15-13)10-14(5-2)7-6-8-14/h4-10H2,1-3H3,(H,15,17). The number of nitrogens with one attached hydrogen (secondary N) is 1. The van der Waals surface area contributed by atoms with Gasteiger partial charge in [-0.15, -0.1) is 0 Å². The van der Waals surface area contributed by atoms with Gasteiger partial charge in [0.2, 0.25) is 11.8 Å². The number of hydrogen-bond donors (Lipinski definition) is 1. The third kappa shape index (κ3) is 2.13. The molecule has 4 nitrogen and oxygen atoms in total. The zero-order chi connectivity index (χ0) is 13.4. The lowest BCUT2D eigenvalue weighted by Crippen LogP contribution is -2.66. The van der Waals surface area contributed by atoms with Crippen molar-refractivity contribution in [1.82, 2.24) is 10.2 Å². The molecule has 0 spiro atoms. The van der Waals surface area contributed by atoms with Gasteiger partial charge in [-0.3, -0.25) is 9.59 Å². The van der Waals surface area contributed by atoms with Crippen LogP contribution in [0, 0.1) is 5.41 Å². The van der Waals surface area contributed by atoms with Gasteiger partial charge < -0.3 is 10.2 Å². The lowest BCUT2D eigenvalue weighted by molar-refractivity contribution is -0.152. The summed E-state index contributed by atoms with van der Waals surface area (Å²) in [4.78, 5) is 26.0. The van der Waals surface area contributed by atoms with Crippen LogP contribution in [0.3, 0.4) is 0 Å². The van der Waals surface area contributed by atoms with Crippen LogP contribution in [0.4, 0.5) is 0 Å². The van der Waals surface area contributed by atoms with E-state index in [9.17, 15) is 9.59 Å². The Balaban J connectivity index is 2.12. The summed E-state index contributed by atoms with van der Waals surface area (Å²) in [5.41, 5.74) is -0.421. The predicted molar refractivity (Wildman–Crippen MR) is 70.0 cm³/mol. The van der Waals surface area contributed by atoms with E-state index in [0.29, 0.717) is 6.42 Å². The van der Waals surface area contributed by atoms with E-state index in [1.54, 1.807) is 4.90 Å². The van der Waals surface area contributed by atoms with Crippen LogP contribution >= 0.6 is 0 Å². The average Bonchev–Trinajstić information content (AvgIpc) is 2.29. The fourth-order valence-corrected chi connectivity index (χ4v) is 3.07. The summed E-state index contributed by atoms with van der Waals surface area (Å²) in [6.45, 7) is 6.95. The van der Waals surface area contributed by atoms with Crippen molar-refractivity contribution in [2.45, 2.75) is 58.4 Å². The van der Waals surface area contributed by atoms with Gasteiger partial charge in [-0.2, -0.15) is 0 Å². The van der Waals surface area contributed by atoms with Gasteiger partial charge in [-0.1, -0.05) is 20.3 Å². The molecule has 4 heteroatoms. The lowest BCUT2D eigenvalue weighted by atomic mass is 9.66. The zero-order valence-electron chi connectivity index (χ0n) is 11.7. The van der Waals surface area contributed by atoms with E-state index in [1.165, 1.54) is 19.3 Å². The molecule has 0 aromatic carbocycles. The highest BCUT2D eigenvalue weighted by atomic mass is 16.2. The molecule has 1 heterocycles. The van der Waals surface area contributed by atoms with Crippen LogP contribution in [0.1, 0.15) is 52.9 Å². The van der Waals surface area contributed by atoms with Gasteiger partial charge in [0.25, 0.3) is 0 Å². The minimum atomic E-state index is -0.700. The SMILES string of the molecule is CCC1(CN2CC(=O)NC(C)(CC)C2=O)CCC1. The van der Waals surface area contributed by atoms with Gasteiger partial charge in [0, 0.05) is 6.54 Å². The van der Waals surface area contributed by atoms with E-state index in [-0.39, 0.29) is 23.8 Å². The molecule has 18 heavy (non-hydrogen) atoms. The summed E-state index contributed by atoms with van der Waals surface area (Å²) in [6, 6.07) is 0. The molecule has 2 aliphatic rings. The second kappa shape index (κ2) is 4.56. The van der Waals surface area contributed by atoms with Crippen LogP contribution in [0.25, 0.3) is 0 Å². The van der Waals surface area contributed by atoms with Crippen molar-refractivity contribution in [3.8, 4) is 0 Å². The highest BCUT2D eigenvalue weighted by Crippen LogP contribution is 2.44. The first kappa shape index (κ1) is 13.4. The molecule has 0 aromatic heterocycles. The summed E-state index contributed by atoms with van der Waals surface area (Å²) < 4.78 is 0. The van der Waals surface area contributed by atoms with E-state index < -0.39 is 5.54 Å². The Morgan fingerprint density at radius 2 is 1.89 bits per heavy atom. The smallest absolute Gasteiger partial charge is 0.248 e. The maximum atomic E-state index is 12.5. The first-order chi connectivity index (χ1) is 8.45. The van der Waals surface area contributed by atoms with E-state index in [0.717, 1.165) is 13.0 Å². The second-order valence-electron chi connectivity index (χ2n) is 6.10. The van der Waals surface area contributed by atoms with Crippen LogP contribution in [0.5, 0.6) is 0 Å². The molecule has 0 aromatic rings. The summed E-state index contributed by atoms with van der Waals surface area (Å²) in [6.07, 6.45) is 5.39. The molecule has 1 aliphatic heterocycles. The third-order valence-corrected chi connectivity index (χ3v) is 4.91. The molecule has 2 fully saturated rings. The van der Waals surface area contributed by atoms with Crippen LogP contribution in [-0.2, 0) is 9.59 Å². The van der Waals surface area contributed by atoms with Gasteiger partial charge >= 0.3 is 0 Å². The van der Waals surface area contributed by atoms with Crippen molar-refractivity contribution >= 4 is 11.8 Å². The number of rotatable bonds is 4. The van der Waals surface area contributed by atoms with E-state index in [2.05, 4.69) is 12.2 Å². The number of hydrogen-bond acceptors (Lipinski definition) is 2. The average molecular weight is 252 g/mol. The molecule has 1 aliphatic carbocycles. The number of piperazine rings is 1. The third-order valence-electron chi connectivity index (χ3n) is 4.91. The van der Waals surface area contributed by atoms with E-state index >= 15 is 0 Å². The quantitative estimate of drug-likeness (QED) is 0.828. The van der Waals surface area contributed by atoms with Crippen LogP contribution in [0.15, 0.2) is 0 Å². The summed E-state index contributed by atoms with van der Waals surface area (Å²) in [7, 11) is 0. The molecule has 0 radical (unpaired) electrons. The maximum absolute atomic E-state index is 12.5. The van der Waals surface area contributed by atoms with Crippen molar-refractivity contribution in [3.63, 3.8) is 0 Å². The van der Waals surface area contributed by atoms with Crippen LogP contribution < -0.4 is 5.32 Å². The molecular weight excluding hydrogens is 228 g/mol. The summed E-state index contributed by atoms with van der Waals surface area (Å²) in [5.74, 6) is 0.0638. The lowest BCUT2D eigenvalue weighted by Gasteiger charge is -2.48. The Morgan fingerprint density at radius 3 is 2.33 bits per heavy atom. The van der Waals surface area contributed by atoms with E-state index in [1.807, 2.05) is 13.8 Å². The van der Waals surface area contributed by atoms with Crippen molar-refractivity contribution in [2.24, 2.45) is 5.41 Å². The molecule has 102 valence electrons. The predicted octanol–water partition coefficient (Wildman–Crippen LogP) is 1.69. The van der Waals surface area contributed by atoms with Gasteiger partial charge in [-0.05, 0) is 38.0 Å². The molecular formula is C14H24N2O2. The highest BCUT2D eigenvalue weighted by molar-refractivity contribution is 5.97. The molecule has 1 N–H and O–H groups in total. The molecule has 1 saturated carbocycles. The van der Waals surface area contributed by atoms with Crippen molar-refractivity contribution in [2.75, 3.05) is 13.1 Å². The maximum Gasteiger partial charge on any atom is 0.248 e. The fraction of sp³-hybridized carbons (Fsp3) is 0.857. The van der Waals surface area contributed by atoms with Gasteiger partial charge in [0.1, 0.15) is 5.54 Å². The molecule has 1 atom stereocenters. The molecule has 1 unspecified atom stereocenters. The monoisotopic (exact) mass is 252 g/mol. The first-order valence-corrected chi connectivity index (χ1v) is 7.05. The molecule has 2 rings (SSSR count). The van der Waals surface area contributed by atoms with Crippen molar-refractivity contribution in [1.29, 1.82) is 0 Å². The number of carbonyl (C=O) groups excluding carboxylic acids is 2. The number of nitrogens with zero attached hydrogens (tertiary/aromatic N) is 1. The molecule has 0 bridgehead atoms. The Labute approximate surface area is 109 Å². The van der Waals surface area contributed by atoms with Crippen molar-refractivity contribution in [3.05, 3.63) is 0 Å². The number of amides is 2. The largest absolute Gasteiger partial charge is 0.340 e. The number of carbonyl (C=O) groups is 2. The highest BCUT2D eigenvalue weighted by Gasteiger charge is 2.45. The molecule has 2 amide bonds. The summed E-state index contributed by atoms with van der Waals surface area (Å²) in [5, 5.41) is 2.83. The normalized spacial score (nSPS) is 30.9. The fourth-order valence-electron chi connectivity index (χ4n) is 3.07. The van der Waals surface area contributed by atoms with Crippen molar-refractivity contribution < 1.29 is 9.59 Å². The van der Waals surface area contributed by atoms with E-state index in [4.69, 9.17) is 0 Å². The van der Waals surface area contributed by atoms with Gasteiger partial charge in [-0.25, -0.2) is 0 Å². The Hall–Kier alpha value is -1.06. The van der Waals surface area contributed by atoms with Crippen LogP contribution in [-0.4, -0.2) is 35.3 Å². The van der Waals surface area contributed by atoms with Gasteiger partial charge in [0.15, 0.2) is 0 Å². The van der Waals surface area contributed by atoms with Crippen LogP contribution in [0.2, 0.25) is 0 Å². The Morgan fingerprint density at radius 1 is 1.22 bits per heavy atom. The zero-order valence-corrected chi connectivity index (χ0v) is 11.7. The first-order valence-electron chi connectivity index (χ1n) is 7.05. The second-order valence-corrected chi connectivity index (χ2v) is 6.10. The van der Waals surface area contributed by atoms with Gasteiger partial charge in [0.05, 0.1) is 6.54 Å².